The van der Waals surface area contributed by atoms with E-state index in [0.29, 0.717) is 0 Å². The highest BCUT2D eigenvalue weighted by Crippen LogP contribution is 2.35. The Kier molecular flexibility index (Phi) is 5.68. The Hall–Kier alpha value is 0.0400. The lowest BCUT2D eigenvalue weighted by molar-refractivity contribution is 0.171. The Balaban J connectivity index is 3.46. The van der Waals surface area contributed by atoms with Crippen molar-refractivity contribution in [3.8, 4) is 0 Å². The van der Waals surface area contributed by atoms with Gasteiger partial charge in [0.05, 0.1) is 0 Å². The van der Waals surface area contributed by atoms with Crippen LogP contribution in [0.1, 0.15) is 0 Å². The van der Waals surface area contributed by atoms with E-state index in [1.165, 1.54) is 0 Å². The van der Waals surface area contributed by atoms with Crippen LogP contribution < -0.4 is 0 Å². The summed E-state index contributed by atoms with van der Waals surface area (Å²) >= 11 is 0. The standard InChI is InChI=1S/C3H8NO5P2/c1-4(2)3-8-11(7)9-10(5)6/h3H2,1-2H3/q+1/p+1. The lowest BCUT2D eigenvalue weighted by Crippen LogP contribution is -2.13. The molecule has 0 aromatic rings. The highest BCUT2D eigenvalue weighted by molar-refractivity contribution is 7.47. The van der Waals surface area contributed by atoms with Crippen LogP contribution in [0.3, 0.4) is 0 Å². The summed E-state index contributed by atoms with van der Waals surface area (Å²) in [6.07, 6.45) is 0. The quantitative estimate of drug-likeness (QED) is 0.524. The minimum Gasteiger partial charge on any atom is -0.283 e. The maximum absolute atomic E-state index is 10.5. The summed E-state index contributed by atoms with van der Waals surface area (Å²) in [5, 5.41) is 0. The van der Waals surface area contributed by atoms with Gasteiger partial charge in [-0.2, -0.15) is 0 Å². The van der Waals surface area contributed by atoms with E-state index in [1.807, 2.05) is 0 Å². The van der Waals surface area contributed by atoms with E-state index in [1.54, 1.807) is 19.0 Å². The zero-order chi connectivity index (χ0) is 8.85. The van der Waals surface area contributed by atoms with Gasteiger partial charge in [0.25, 0.3) is 0 Å². The summed E-state index contributed by atoms with van der Waals surface area (Å²) in [7, 11) is -1.93. The highest BCUT2D eigenvalue weighted by atomic mass is 31.2. The van der Waals surface area contributed by atoms with Gasteiger partial charge in [0, 0.05) is 9.13 Å². The summed E-state index contributed by atoms with van der Waals surface area (Å²) in [5.74, 6) is 0. The molecular formula is C3H9NO5P2+2. The molecule has 0 aromatic heterocycles. The molecule has 2 atom stereocenters. The molecule has 0 bridgehead atoms. The molecule has 0 fully saturated rings. The highest BCUT2D eigenvalue weighted by Gasteiger charge is 2.36. The lowest BCUT2D eigenvalue weighted by atomic mass is 11.0. The molecule has 0 radical (unpaired) electrons. The smallest absolute Gasteiger partial charge is 0.283 e. The summed E-state index contributed by atoms with van der Waals surface area (Å²) in [4.78, 5) is 9.70. The van der Waals surface area contributed by atoms with Crippen LogP contribution >= 0.6 is 16.5 Å². The van der Waals surface area contributed by atoms with Crippen molar-refractivity contribution in [2.24, 2.45) is 0 Å². The first kappa shape index (κ1) is 11.0. The SMILES string of the molecule is CN(C)CO[P+](=O)O[P+](=O)O. The van der Waals surface area contributed by atoms with Crippen LogP contribution in [-0.4, -0.2) is 30.6 Å². The maximum Gasteiger partial charge on any atom is 0.749 e. The molecule has 0 aliphatic rings. The first-order valence-electron chi connectivity index (χ1n) is 2.61. The predicted octanol–water partition coefficient (Wildman–Crippen LogP) is 0.846. The maximum atomic E-state index is 10.5. The third-order valence-electron chi connectivity index (χ3n) is 0.558. The van der Waals surface area contributed by atoms with Gasteiger partial charge in [-0.05, 0) is 14.1 Å². The van der Waals surface area contributed by atoms with Gasteiger partial charge in [-0.25, -0.2) is 0 Å². The van der Waals surface area contributed by atoms with Gasteiger partial charge in [0.1, 0.15) is 0 Å². The minimum atomic E-state index is -2.85. The van der Waals surface area contributed by atoms with Crippen molar-refractivity contribution in [2.75, 3.05) is 20.8 Å². The molecule has 2 unspecified atom stereocenters. The molecule has 1 N–H and O–H groups in total. The van der Waals surface area contributed by atoms with Crippen molar-refractivity contribution in [3.05, 3.63) is 0 Å². The van der Waals surface area contributed by atoms with Gasteiger partial charge < -0.3 is 0 Å². The molecule has 0 amide bonds. The molecule has 0 rings (SSSR count). The fourth-order valence-electron chi connectivity index (χ4n) is 0.243. The van der Waals surface area contributed by atoms with Crippen molar-refractivity contribution in [3.63, 3.8) is 0 Å². The van der Waals surface area contributed by atoms with E-state index in [0.717, 1.165) is 0 Å². The summed E-state index contributed by atoms with van der Waals surface area (Å²) in [6.45, 7) is 0.0817. The monoisotopic (exact) mass is 201 g/mol. The van der Waals surface area contributed by atoms with Crippen molar-refractivity contribution in [2.45, 2.75) is 0 Å². The molecule has 64 valence electrons. The van der Waals surface area contributed by atoms with E-state index in [2.05, 4.69) is 8.83 Å². The number of rotatable bonds is 5. The lowest BCUT2D eigenvalue weighted by Gasteiger charge is -1.99. The molecule has 11 heavy (non-hydrogen) atoms. The first-order chi connectivity index (χ1) is 5.02. The minimum absolute atomic E-state index is 0.0817. The van der Waals surface area contributed by atoms with Gasteiger partial charge in [0.15, 0.2) is 11.0 Å². The molecule has 6 nitrogen and oxygen atoms in total. The van der Waals surface area contributed by atoms with Crippen LogP contribution in [0, 0.1) is 0 Å². The molecule has 0 saturated heterocycles. The fraction of sp³-hybridized carbons (Fsp3) is 1.00. The van der Waals surface area contributed by atoms with Crippen LogP contribution in [0.15, 0.2) is 0 Å². The summed E-state index contributed by atoms with van der Waals surface area (Å²) in [5.41, 5.74) is 0. The Bertz CT molecular complexity index is 160. The van der Waals surface area contributed by atoms with Gasteiger partial charge in [-0.15, -0.1) is 9.42 Å². The van der Waals surface area contributed by atoms with Crippen LogP contribution in [0.5, 0.6) is 0 Å². The third kappa shape index (κ3) is 7.94. The molecule has 0 aliphatic heterocycles. The predicted molar refractivity (Wildman–Crippen MR) is 38.2 cm³/mol. The Morgan fingerprint density at radius 1 is 1.45 bits per heavy atom. The fourth-order valence-corrected chi connectivity index (χ4v) is 1.21. The molecule has 0 heterocycles. The topological polar surface area (TPSA) is 76.1 Å². The van der Waals surface area contributed by atoms with Gasteiger partial charge in [-0.3, -0.25) is 4.90 Å². The van der Waals surface area contributed by atoms with Crippen molar-refractivity contribution >= 4 is 16.5 Å². The first-order valence-corrected chi connectivity index (χ1v) is 4.84. The van der Waals surface area contributed by atoms with Crippen LogP contribution in [-0.2, 0) is 18.0 Å². The van der Waals surface area contributed by atoms with Crippen molar-refractivity contribution < 1.29 is 22.9 Å². The number of nitrogens with zero attached hydrogens (tertiary/aromatic N) is 1. The second-order valence-electron chi connectivity index (χ2n) is 1.88. The van der Waals surface area contributed by atoms with Crippen LogP contribution in [0.2, 0.25) is 0 Å². The second-order valence-corrected chi connectivity index (χ2v) is 3.72. The summed E-state index contributed by atoms with van der Waals surface area (Å²) < 4.78 is 28.8. The Labute approximate surface area is 66.0 Å². The van der Waals surface area contributed by atoms with Crippen LogP contribution in [0.25, 0.3) is 0 Å². The van der Waals surface area contributed by atoms with Gasteiger partial charge in [0.2, 0.25) is 0 Å². The zero-order valence-corrected chi connectivity index (χ0v) is 7.92. The largest absolute Gasteiger partial charge is 0.749 e. The molecule has 0 aliphatic carbocycles. The normalized spacial score (nSPS) is 13.5. The molecular weight excluding hydrogens is 192 g/mol. The third-order valence-corrected chi connectivity index (χ3v) is 1.98. The van der Waals surface area contributed by atoms with E-state index in [4.69, 9.17) is 4.89 Å². The Morgan fingerprint density at radius 3 is 2.36 bits per heavy atom. The average molecular weight is 201 g/mol. The second kappa shape index (κ2) is 5.66. The van der Waals surface area contributed by atoms with Crippen molar-refractivity contribution in [1.82, 2.24) is 4.90 Å². The Morgan fingerprint density at radius 2 is 2.00 bits per heavy atom. The van der Waals surface area contributed by atoms with E-state index in [9.17, 15) is 9.13 Å². The van der Waals surface area contributed by atoms with E-state index in [-0.39, 0.29) is 6.73 Å². The molecule has 0 aromatic carbocycles. The number of hydrogen-bond donors (Lipinski definition) is 1. The summed E-state index contributed by atoms with van der Waals surface area (Å²) in [6, 6.07) is 0. The van der Waals surface area contributed by atoms with E-state index >= 15 is 0 Å². The molecule has 0 saturated carbocycles. The van der Waals surface area contributed by atoms with E-state index < -0.39 is 16.5 Å². The molecule has 8 heteroatoms. The number of hydrogen-bond acceptors (Lipinski definition) is 5. The van der Waals surface area contributed by atoms with Crippen LogP contribution in [0.4, 0.5) is 0 Å². The van der Waals surface area contributed by atoms with Crippen molar-refractivity contribution in [1.29, 1.82) is 0 Å². The molecule has 0 spiro atoms. The van der Waals surface area contributed by atoms with Gasteiger partial charge in [-0.1, -0.05) is 0 Å². The van der Waals surface area contributed by atoms with Gasteiger partial charge >= 0.3 is 16.5 Å². The zero-order valence-electron chi connectivity index (χ0n) is 6.13. The average Bonchev–Trinajstić information content (AvgIpc) is 1.82.